The molecule has 0 saturated heterocycles. The Morgan fingerprint density at radius 2 is 1.71 bits per heavy atom. The molecule has 2 heteroatoms. The van der Waals surface area contributed by atoms with E-state index in [1.165, 1.54) is 5.56 Å². The fourth-order valence-electron chi connectivity index (χ4n) is 1.74. The second-order valence-corrected chi connectivity index (χ2v) is 4.17. The number of nitrogens with two attached hydrogens (primary N) is 1. The van der Waals surface area contributed by atoms with Crippen molar-refractivity contribution in [3.8, 4) is 0 Å². The minimum atomic E-state index is 0.0620. The van der Waals surface area contributed by atoms with Gasteiger partial charge in [0.15, 0.2) is 5.78 Å². The van der Waals surface area contributed by atoms with E-state index in [2.05, 4.69) is 0 Å². The first-order chi connectivity index (χ1) is 8.16. The number of Topliss-reactive ketones (excluding diaryl/α,β-unsaturated/α-hetero) is 1. The molecule has 2 nitrogen and oxygen atoms in total. The van der Waals surface area contributed by atoms with Gasteiger partial charge < -0.3 is 5.73 Å². The van der Waals surface area contributed by atoms with Crippen LogP contribution in [0.1, 0.15) is 21.5 Å². The normalized spacial score (nSPS) is 10.2. The van der Waals surface area contributed by atoms with Gasteiger partial charge in [0.25, 0.3) is 0 Å². The smallest absolute Gasteiger partial charge is 0.169 e. The molecule has 0 bridgehead atoms. The zero-order chi connectivity index (χ0) is 12.3. The third-order valence-corrected chi connectivity index (χ3v) is 2.75. The van der Waals surface area contributed by atoms with Gasteiger partial charge in [-0.05, 0) is 24.6 Å². The number of benzene rings is 2. The van der Waals surface area contributed by atoms with Gasteiger partial charge in [-0.15, -0.1) is 0 Å². The summed E-state index contributed by atoms with van der Waals surface area (Å²) in [6, 6.07) is 15.2. The molecular formula is C15H15NO. The second-order valence-electron chi connectivity index (χ2n) is 4.17. The highest BCUT2D eigenvalue weighted by Gasteiger charge is 2.09. The number of ketones is 1. The molecule has 2 aromatic carbocycles. The van der Waals surface area contributed by atoms with Crippen molar-refractivity contribution in [1.82, 2.24) is 0 Å². The van der Waals surface area contributed by atoms with E-state index in [4.69, 9.17) is 5.73 Å². The highest BCUT2D eigenvalue weighted by Crippen LogP contribution is 2.14. The predicted molar refractivity (Wildman–Crippen MR) is 70.1 cm³/mol. The van der Waals surface area contributed by atoms with E-state index in [0.29, 0.717) is 17.7 Å². The van der Waals surface area contributed by atoms with E-state index in [0.717, 1.165) is 5.56 Å². The van der Waals surface area contributed by atoms with Gasteiger partial charge in [-0.2, -0.15) is 0 Å². The minimum absolute atomic E-state index is 0.0620. The number of hydrogen-bond acceptors (Lipinski definition) is 2. The lowest BCUT2D eigenvalue weighted by atomic mass is 10.0. The zero-order valence-electron chi connectivity index (χ0n) is 9.81. The van der Waals surface area contributed by atoms with Gasteiger partial charge in [0.05, 0.1) is 0 Å². The van der Waals surface area contributed by atoms with Crippen molar-refractivity contribution in [3.63, 3.8) is 0 Å². The monoisotopic (exact) mass is 225 g/mol. The number of nitrogen functional groups attached to an aromatic ring is 1. The van der Waals surface area contributed by atoms with E-state index in [1.54, 1.807) is 12.1 Å². The van der Waals surface area contributed by atoms with Crippen molar-refractivity contribution in [2.24, 2.45) is 0 Å². The van der Waals surface area contributed by atoms with Crippen LogP contribution in [0, 0.1) is 6.92 Å². The molecule has 17 heavy (non-hydrogen) atoms. The summed E-state index contributed by atoms with van der Waals surface area (Å²) in [5, 5.41) is 0. The summed E-state index contributed by atoms with van der Waals surface area (Å²) < 4.78 is 0. The largest absolute Gasteiger partial charge is 0.398 e. The molecule has 0 saturated carbocycles. The Labute approximate surface area is 101 Å². The molecule has 2 N–H and O–H groups in total. The first-order valence-corrected chi connectivity index (χ1v) is 5.60. The number of anilines is 1. The van der Waals surface area contributed by atoms with Crippen LogP contribution in [0.5, 0.6) is 0 Å². The second kappa shape index (κ2) is 4.83. The molecule has 0 heterocycles. The molecule has 0 aliphatic rings. The van der Waals surface area contributed by atoms with Gasteiger partial charge in [-0.3, -0.25) is 4.79 Å². The Morgan fingerprint density at radius 1 is 1.06 bits per heavy atom. The maximum atomic E-state index is 12.0. The van der Waals surface area contributed by atoms with Gasteiger partial charge >= 0.3 is 0 Å². The molecule has 0 aromatic heterocycles. The topological polar surface area (TPSA) is 43.1 Å². The molecule has 2 rings (SSSR count). The average molecular weight is 225 g/mol. The number of rotatable bonds is 3. The lowest BCUT2D eigenvalue weighted by molar-refractivity contribution is 0.0994. The van der Waals surface area contributed by atoms with Crippen LogP contribution in [0.3, 0.4) is 0 Å². The molecule has 0 aliphatic carbocycles. The highest BCUT2D eigenvalue weighted by molar-refractivity contribution is 6.01. The van der Waals surface area contributed by atoms with Crippen molar-refractivity contribution in [3.05, 3.63) is 65.2 Å². The van der Waals surface area contributed by atoms with Crippen molar-refractivity contribution >= 4 is 11.5 Å². The van der Waals surface area contributed by atoms with Crippen molar-refractivity contribution in [2.75, 3.05) is 5.73 Å². The molecule has 86 valence electrons. The lowest BCUT2D eigenvalue weighted by Crippen LogP contribution is -2.06. The van der Waals surface area contributed by atoms with E-state index in [1.807, 2.05) is 43.3 Å². The summed E-state index contributed by atoms with van der Waals surface area (Å²) in [4.78, 5) is 12.0. The Morgan fingerprint density at radius 3 is 2.35 bits per heavy atom. The molecular weight excluding hydrogens is 210 g/mol. The Bertz CT molecular complexity index is 529. The van der Waals surface area contributed by atoms with Crippen LogP contribution in [-0.4, -0.2) is 5.78 Å². The maximum absolute atomic E-state index is 12.0. The fraction of sp³-hybridized carbons (Fsp3) is 0.133. The first kappa shape index (κ1) is 11.4. The third-order valence-electron chi connectivity index (χ3n) is 2.75. The first-order valence-electron chi connectivity index (χ1n) is 5.60. The van der Waals surface area contributed by atoms with Crippen molar-refractivity contribution in [2.45, 2.75) is 13.3 Å². The Kier molecular flexibility index (Phi) is 3.24. The third kappa shape index (κ3) is 2.72. The number of carbonyl (C=O) groups excluding carboxylic acids is 1. The van der Waals surface area contributed by atoms with E-state index in [9.17, 15) is 4.79 Å². The summed E-state index contributed by atoms with van der Waals surface area (Å²) >= 11 is 0. The van der Waals surface area contributed by atoms with Crippen molar-refractivity contribution < 1.29 is 4.79 Å². The highest BCUT2D eigenvalue weighted by atomic mass is 16.1. The van der Waals surface area contributed by atoms with Gasteiger partial charge in [0, 0.05) is 17.7 Å². The summed E-state index contributed by atoms with van der Waals surface area (Å²) in [7, 11) is 0. The predicted octanol–water partition coefficient (Wildman–Crippen LogP) is 3.00. The maximum Gasteiger partial charge on any atom is 0.169 e. The average Bonchev–Trinajstić information content (AvgIpc) is 2.32. The fourth-order valence-corrected chi connectivity index (χ4v) is 1.74. The van der Waals surface area contributed by atoms with Crippen LogP contribution in [0.25, 0.3) is 0 Å². The SMILES string of the molecule is Cc1ccc(CC(=O)c2ccccc2N)cc1. The Balaban J connectivity index is 2.17. The van der Waals surface area contributed by atoms with Gasteiger partial charge in [-0.1, -0.05) is 42.0 Å². The van der Waals surface area contributed by atoms with Crippen LogP contribution in [0.15, 0.2) is 48.5 Å². The number of aryl methyl sites for hydroxylation is 1. The van der Waals surface area contributed by atoms with Crippen molar-refractivity contribution in [1.29, 1.82) is 0 Å². The van der Waals surface area contributed by atoms with Crippen LogP contribution < -0.4 is 5.73 Å². The van der Waals surface area contributed by atoms with Crippen LogP contribution in [-0.2, 0) is 6.42 Å². The zero-order valence-corrected chi connectivity index (χ0v) is 9.81. The summed E-state index contributed by atoms with van der Waals surface area (Å²) in [5.74, 6) is 0.0620. The molecule has 0 aliphatic heterocycles. The Hall–Kier alpha value is -2.09. The van der Waals surface area contributed by atoms with Gasteiger partial charge in [0.1, 0.15) is 0 Å². The van der Waals surface area contributed by atoms with Crippen LogP contribution in [0.2, 0.25) is 0 Å². The number of hydrogen-bond donors (Lipinski definition) is 1. The molecule has 0 amide bonds. The summed E-state index contributed by atoms with van der Waals surface area (Å²) in [6.45, 7) is 2.03. The summed E-state index contributed by atoms with van der Waals surface area (Å²) in [6.07, 6.45) is 0.397. The molecule has 0 unspecified atom stereocenters. The molecule has 2 aromatic rings. The minimum Gasteiger partial charge on any atom is -0.398 e. The van der Waals surface area contributed by atoms with Gasteiger partial charge in [-0.25, -0.2) is 0 Å². The van der Waals surface area contributed by atoms with E-state index < -0.39 is 0 Å². The lowest BCUT2D eigenvalue weighted by Gasteiger charge is -2.04. The number of carbonyl (C=O) groups is 1. The summed E-state index contributed by atoms with van der Waals surface area (Å²) in [5.41, 5.74) is 9.14. The number of para-hydroxylation sites is 1. The van der Waals surface area contributed by atoms with Gasteiger partial charge in [0.2, 0.25) is 0 Å². The molecule has 0 atom stereocenters. The van der Waals surface area contributed by atoms with Crippen LogP contribution >= 0.6 is 0 Å². The molecule has 0 spiro atoms. The van der Waals surface area contributed by atoms with Crippen LogP contribution in [0.4, 0.5) is 5.69 Å². The molecule has 0 fully saturated rings. The standard InChI is InChI=1S/C15H15NO/c1-11-6-8-12(9-7-11)10-15(17)13-4-2-3-5-14(13)16/h2-9H,10,16H2,1H3. The van der Waals surface area contributed by atoms with E-state index in [-0.39, 0.29) is 5.78 Å². The van der Waals surface area contributed by atoms with E-state index >= 15 is 0 Å². The quantitative estimate of drug-likeness (QED) is 0.644. The molecule has 0 radical (unpaired) electrons.